The van der Waals surface area contributed by atoms with Crippen molar-refractivity contribution in [3.05, 3.63) is 70.9 Å². The fourth-order valence-electron chi connectivity index (χ4n) is 4.25. The Bertz CT molecular complexity index is 1190. The number of anilines is 1. The molecule has 0 bridgehead atoms. The van der Waals surface area contributed by atoms with Crippen molar-refractivity contribution < 1.29 is 13.9 Å². The van der Waals surface area contributed by atoms with Crippen LogP contribution in [-0.4, -0.2) is 41.6 Å². The molecule has 9 heteroatoms. The number of benzene rings is 1. The molecule has 4 rings (SSSR count). The number of nitrogens with one attached hydrogen (secondary N) is 1. The van der Waals surface area contributed by atoms with E-state index in [-0.39, 0.29) is 22.9 Å². The van der Waals surface area contributed by atoms with E-state index in [9.17, 15) is 9.18 Å². The van der Waals surface area contributed by atoms with E-state index in [1.165, 1.54) is 25.4 Å². The average Bonchev–Trinajstić information content (AvgIpc) is 3.17. The molecule has 0 saturated carbocycles. The highest BCUT2D eigenvalue weighted by Crippen LogP contribution is 2.43. The first-order valence-electron chi connectivity index (χ1n) is 11.0. The first-order chi connectivity index (χ1) is 16.2. The lowest BCUT2D eigenvalue weighted by atomic mass is 9.99. The minimum absolute atomic E-state index is 0.228. The number of nitrogens with two attached hydrogens (primary N) is 1. The van der Waals surface area contributed by atoms with Gasteiger partial charge in [-0.25, -0.2) is 9.37 Å². The van der Waals surface area contributed by atoms with Crippen molar-refractivity contribution in [2.45, 2.75) is 31.8 Å². The molecule has 1 amide bonds. The van der Waals surface area contributed by atoms with Gasteiger partial charge in [-0.05, 0) is 56.2 Å². The quantitative estimate of drug-likeness (QED) is 0.541. The number of ether oxygens (including phenoxy) is 1. The topological polar surface area (TPSA) is 93.4 Å². The van der Waals surface area contributed by atoms with Crippen LogP contribution >= 0.6 is 11.6 Å². The smallest absolute Gasteiger partial charge is 0.255 e. The van der Waals surface area contributed by atoms with Crippen LogP contribution in [0.2, 0.25) is 5.02 Å². The van der Waals surface area contributed by atoms with Crippen molar-refractivity contribution in [1.82, 2.24) is 15.3 Å². The van der Waals surface area contributed by atoms with Crippen LogP contribution in [0.4, 0.5) is 10.1 Å². The number of methoxy groups -OCH3 is 1. The maximum Gasteiger partial charge on any atom is 0.255 e. The number of nitrogens with zero attached hydrogens (tertiary/aromatic N) is 3. The van der Waals surface area contributed by atoms with Crippen molar-refractivity contribution >= 4 is 23.2 Å². The van der Waals surface area contributed by atoms with Crippen LogP contribution in [0.5, 0.6) is 5.88 Å². The summed E-state index contributed by atoms with van der Waals surface area (Å²) in [6, 6.07) is 9.39. The van der Waals surface area contributed by atoms with Crippen LogP contribution in [0.25, 0.3) is 11.1 Å². The second-order valence-electron chi connectivity index (χ2n) is 8.84. The van der Waals surface area contributed by atoms with Gasteiger partial charge in [0.2, 0.25) is 5.88 Å². The molecular formula is C25H27ClFN5O2. The first-order valence-corrected chi connectivity index (χ1v) is 11.4. The minimum atomic E-state index is -0.501. The number of aromatic nitrogens is 2. The van der Waals surface area contributed by atoms with E-state index in [2.05, 4.69) is 15.3 Å². The molecule has 3 aromatic rings. The zero-order valence-electron chi connectivity index (χ0n) is 19.3. The van der Waals surface area contributed by atoms with E-state index in [0.717, 1.165) is 12.1 Å². The number of halogens is 2. The molecule has 1 aliphatic rings. The summed E-state index contributed by atoms with van der Waals surface area (Å²) in [4.78, 5) is 24.2. The van der Waals surface area contributed by atoms with E-state index >= 15 is 0 Å². The van der Waals surface area contributed by atoms with Gasteiger partial charge in [0, 0.05) is 36.0 Å². The number of carbonyl (C=O) groups is 1. The zero-order valence-corrected chi connectivity index (χ0v) is 20.1. The van der Waals surface area contributed by atoms with E-state index in [1.807, 2.05) is 36.9 Å². The highest BCUT2D eigenvalue weighted by Gasteiger charge is 2.35. The van der Waals surface area contributed by atoms with Crippen LogP contribution in [0.15, 0.2) is 48.8 Å². The van der Waals surface area contributed by atoms with E-state index in [1.54, 1.807) is 12.3 Å². The molecule has 3 heterocycles. The van der Waals surface area contributed by atoms with Crippen LogP contribution in [0, 0.1) is 5.82 Å². The molecule has 0 aliphatic carbocycles. The van der Waals surface area contributed by atoms with Gasteiger partial charge < -0.3 is 20.7 Å². The summed E-state index contributed by atoms with van der Waals surface area (Å²) in [5.41, 5.74) is 8.56. The van der Waals surface area contributed by atoms with Gasteiger partial charge in [-0.2, -0.15) is 0 Å². The Labute approximate surface area is 203 Å². The minimum Gasteiger partial charge on any atom is -0.480 e. The third-order valence-electron chi connectivity index (χ3n) is 5.91. The fraction of sp³-hybridized carbons (Fsp3) is 0.320. The molecular weight excluding hydrogens is 457 g/mol. The van der Waals surface area contributed by atoms with Crippen molar-refractivity contribution in [2.24, 2.45) is 5.73 Å². The third kappa shape index (κ3) is 4.98. The molecule has 1 aromatic carbocycles. The maximum atomic E-state index is 14.3. The monoisotopic (exact) mass is 483 g/mol. The Kier molecular flexibility index (Phi) is 6.72. The van der Waals surface area contributed by atoms with Crippen LogP contribution in [-0.2, 0) is 0 Å². The van der Waals surface area contributed by atoms with Gasteiger partial charge in [0.05, 0.1) is 35.7 Å². The molecule has 0 radical (unpaired) electrons. The number of hydrogen-bond donors (Lipinski definition) is 2. The molecule has 0 spiro atoms. The summed E-state index contributed by atoms with van der Waals surface area (Å²) in [5, 5.41) is 3.22. The largest absolute Gasteiger partial charge is 0.480 e. The Morgan fingerprint density at radius 2 is 2.12 bits per heavy atom. The fourth-order valence-corrected chi connectivity index (χ4v) is 4.47. The number of amides is 1. The van der Waals surface area contributed by atoms with E-state index in [0.29, 0.717) is 35.5 Å². The number of rotatable bonds is 6. The van der Waals surface area contributed by atoms with Gasteiger partial charge in [0.15, 0.2) is 0 Å². The van der Waals surface area contributed by atoms with Gasteiger partial charge in [-0.3, -0.25) is 9.78 Å². The number of pyridine rings is 2. The zero-order chi connectivity index (χ0) is 24.5. The summed E-state index contributed by atoms with van der Waals surface area (Å²) < 4.78 is 19.9. The van der Waals surface area contributed by atoms with Crippen LogP contribution < -0.4 is 20.7 Å². The van der Waals surface area contributed by atoms with E-state index < -0.39 is 11.4 Å². The number of carbonyl (C=O) groups excluding carboxylic acids is 1. The second kappa shape index (κ2) is 9.56. The summed E-state index contributed by atoms with van der Waals surface area (Å²) >= 11 is 6.17. The second-order valence-corrected chi connectivity index (χ2v) is 9.27. The maximum absolute atomic E-state index is 14.3. The van der Waals surface area contributed by atoms with Gasteiger partial charge in [-0.1, -0.05) is 17.7 Å². The molecule has 1 saturated heterocycles. The molecule has 7 nitrogen and oxygen atoms in total. The Morgan fingerprint density at radius 3 is 2.74 bits per heavy atom. The van der Waals surface area contributed by atoms with Gasteiger partial charge in [0.1, 0.15) is 5.82 Å². The first kappa shape index (κ1) is 23.9. The predicted molar refractivity (Wildman–Crippen MR) is 131 cm³/mol. The molecule has 2 aromatic heterocycles. The summed E-state index contributed by atoms with van der Waals surface area (Å²) in [5.74, 6) is -0.575. The van der Waals surface area contributed by atoms with Crippen molar-refractivity contribution in [1.29, 1.82) is 0 Å². The van der Waals surface area contributed by atoms with Gasteiger partial charge in [0.25, 0.3) is 5.91 Å². The summed E-state index contributed by atoms with van der Waals surface area (Å²) in [6.07, 6.45) is 3.88. The molecule has 3 N–H and O–H groups in total. The van der Waals surface area contributed by atoms with Crippen molar-refractivity contribution in [3.63, 3.8) is 0 Å². The molecule has 34 heavy (non-hydrogen) atoms. The van der Waals surface area contributed by atoms with Gasteiger partial charge in [-0.15, -0.1) is 0 Å². The van der Waals surface area contributed by atoms with Crippen LogP contribution in [0.1, 0.15) is 42.4 Å². The lowest BCUT2D eigenvalue weighted by molar-refractivity contribution is 0.0939. The predicted octanol–water partition coefficient (Wildman–Crippen LogP) is 4.36. The van der Waals surface area contributed by atoms with Crippen molar-refractivity contribution in [2.75, 3.05) is 25.1 Å². The number of hydrogen-bond acceptors (Lipinski definition) is 6. The lowest BCUT2D eigenvalue weighted by Gasteiger charge is -2.27. The standard InChI is InChI=1S/C25H27ClFN5O2/c1-15(20-6-4-5-8-29-20)31-23(33)19-13-30-24(34-3)21(16-10-17(26)12-18(27)11-16)22(19)32-9-7-25(2,28)14-32/h4-6,8,10-13,15H,7,9,14,28H2,1-3H3,(H,31,33)/t15?,25-/m0/s1. The Morgan fingerprint density at radius 1 is 1.32 bits per heavy atom. The average molecular weight is 484 g/mol. The highest BCUT2D eigenvalue weighted by atomic mass is 35.5. The van der Waals surface area contributed by atoms with Crippen molar-refractivity contribution in [3.8, 4) is 17.0 Å². The Balaban J connectivity index is 1.85. The molecule has 2 atom stereocenters. The van der Waals surface area contributed by atoms with E-state index in [4.69, 9.17) is 22.1 Å². The third-order valence-corrected chi connectivity index (χ3v) is 6.12. The summed E-state index contributed by atoms with van der Waals surface area (Å²) in [7, 11) is 1.48. The SMILES string of the molecule is COc1ncc(C(=O)NC(C)c2ccccn2)c(N2CC[C@](C)(N)C2)c1-c1cc(F)cc(Cl)c1. The van der Waals surface area contributed by atoms with Crippen LogP contribution in [0.3, 0.4) is 0 Å². The normalized spacial score (nSPS) is 18.6. The summed E-state index contributed by atoms with van der Waals surface area (Å²) in [6.45, 7) is 4.95. The van der Waals surface area contributed by atoms with Gasteiger partial charge >= 0.3 is 0 Å². The highest BCUT2D eigenvalue weighted by molar-refractivity contribution is 6.31. The molecule has 1 unspecified atom stereocenters. The Hall–Kier alpha value is -3.23. The molecule has 178 valence electrons. The molecule has 1 fully saturated rings. The lowest BCUT2D eigenvalue weighted by Crippen LogP contribution is -2.40. The molecule has 1 aliphatic heterocycles.